The number of aliphatic carboxylic acids is 1. The number of aliphatic imine (C=N–C) groups is 1. The predicted octanol–water partition coefficient (Wildman–Crippen LogP) is 2.62. The van der Waals surface area contributed by atoms with E-state index in [1.165, 1.54) is 42.5 Å². The Labute approximate surface area is 174 Å². The minimum atomic E-state index is -1.23. The molecule has 1 aliphatic rings. The SMILES string of the molecule is CO/N=C(\C(=O)O)c1csc(/N=C2\CC(c3ccc([N+](=O)[O-])cc3)N(C(C)=O)N2)c1. The Hall–Kier alpha value is -3.80. The molecule has 1 unspecified atom stereocenters. The van der Waals surface area contributed by atoms with Gasteiger partial charge in [-0.05, 0) is 11.6 Å². The van der Waals surface area contributed by atoms with Crippen LogP contribution in [0.25, 0.3) is 0 Å². The highest BCUT2D eigenvalue weighted by atomic mass is 32.1. The van der Waals surface area contributed by atoms with Crippen LogP contribution in [0.4, 0.5) is 10.7 Å². The number of nitro groups is 1. The number of carbonyl (C=O) groups is 2. The van der Waals surface area contributed by atoms with Crippen molar-refractivity contribution in [2.75, 3.05) is 7.11 Å². The van der Waals surface area contributed by atoms with Gasteiger partial charge in [0.2, 0.25) is 5.91 Å². The van der Waals surface area contributed by atoms with Gasteiger partial charge in [0.1, 0.15) is 17.9 Å². The van der Waals surface area contributed by atoms with E-state index in [2.05, 4.69) is 20.4 Å². The lowest BCUT2D eigenvalue weighted by atomic mass is 10.0. The van der Waals surface area contributed by atoms with Crippen LogP contribution in [0, 0.1) is 10.1 Å². The van der Waals surface area contributed by atoms with Crippen molar-refractivity contribution in [3.63, 3.8) is 0 Å². The summed E-state index contributed by atoms with van der Waals surface area (Å²) < 4.78 is 0. The summed E-state index contributed by atoms with van der Waals surface area (Å²) in [7, 11) is 1.26. The molecule has 1 aliphatic heterocycles. The number of nitrogens with zero attached hydrogens (tertiary/aromatic N) is 4. The molecule has 0 bridgehead atoms. The topological polar surface area (TPSA) is 147 Å². The van der Waals surface area contributed by atoms with Crippen molar-refractivity contribution in [3.05, 3.63) is 57.0 Å². The molecular weight excluding hydrogens is 414 g/mol. The van der Waals surface area contributed by atoms with E-state index >= 15 is 0 Å². The normalized spacial score (nSPS) is 17.7. The Kier molecular flexibility index (Phi) is 6.06. The summed E-state index contributed by atoms with van der Waals surface area (Å²) in [6, 6.07) is 7.15. The van der Waals surface area contributed by atoms with Crippen molar-refractivity contribution < 1.29 is 24.5 Å². The van der Waals surface area contributed by atoms with Gasteiger partial charge in [-0.2, -0.15) is 0 Å². The summed E-state index contributed by atoms with van der Waals surface area (Å²) in [6.07, 6.45) is 0.364. The molecule has 3 rings (SSSR count). The number of hydrogen-bond acceptors (Lipinski definition) is 8. The van der Waals surface area contributed by atoms with Crippen LogP contribution in [0.3, 0.4) is 0 Å². The second kappa shape index (κ2) is 8.69. The number of thiophene rings is 1. The number of carbonyl (C=O) groups excluding carboxylic acids is 1. The van der Waals surface area contributed by atoms with Gasteiger partial charge in [0.25, 0.3) is 5.69 Å². The van der Waals surface area contributed by atoms with Crippen molar-refractivity contribution in [2.24, 2.45) is 10.1 Å². The maximum Gasteiger partial charge on any atom is 0.358 e. The standard InChI is InChI=1S/C18H17N5O6S/c1-10(24)22-14(11-3-5-13(6-4-11)23(27)28)8-15(20-22)19-16-7-12(9-30-16)17(18(25)26)21-29-2/h3-7,9,14H,8H2,1-2H3,(H,19,20)(H,25,26)/b21-17-. The van der Waals surface area contributed by atoms with Crippen LogP contribution >= 0.6 is 11.3 Å². The summed E-state index contributed by atoms with van der Waals surface area (Å²) in [5, 5.41) is 27.1. The lowest BCUT2D eigenvalue weighted by Crippen LogP contribution is -2.38. The van der Waals surface area contributed by atoms with E-state index in [9.17, 15) is 24.8 Å². The van der Waals surface area contributed by atoms with Crippen molar-refractivity contribution in [1.82, 2.24) is 10.4 Å². The molecule has 0 saturated carbocycles. The van der Waals surface area contributed by atoms with Crippen LogP contribution < -0.4 is 5.43 Å². The van der Waals surface area contributed by atoms with Gasteiger partial charge in [-0.3, -0.25) is 20.3 Å². The number of nitrogens with one attached hydrogen (secondary N) is 1. The number of nitro benzene ring substituents is 1. The third-order valence-corrected chi connectivity index (χ3v) is 5.09. The summed E-state index contributed by atoms with van der Waals surface area (Å²) in [4.78, 5) is 42.7. The van der Waals surface area contributed by atoms with Crippen LogP contribution in [0.1, 0.15) is 30.5 Å². The number of rotatable bonds is 6. The zero-order valence-corrected chi connectivity index (χ0v) is 16.8. The highest BCUT2D eigenvalue weighted by molar-refractivity contribution is 7.14. The number of hydrogen-bond donors (Lipinski definition) is 2. The lowest BCUT2D eigenvalue weighted by molar-refractivity contribution is -0.384. The first kappa shape index (κ1) is 20.9. The highest BCUT2D eigenvalue weighted by Gasteiger charge is 2.32. The average molecular weight is 431 g/mol. The van der Waals surface area contributed by atoms with Crippen LogP contribution in [0.15, 0.2) is 45.9 Å². The Balaban J connectivity index is 1.85. The molecular formula is C18H17N5O6S. The van der Waals surface area contributed by atoms with Gasteiger partial charge < -0.3 is 9.94 Å². The molecule has 1 aromatic carbocycles. The van der Waals surface area contributed by atoms with Crippen LogP contribution in [0.2, 0.25) is 0 Å². The Morgan fingerprint density at radius 1 is 1.37 bits per heavy atom. The summed E-state index contributed by atoms with van der Waals surface area (Å²) in [5.74, 6) is -0.966. The van der Waals surface area contributed by atoms with E-state index < -0.39 is 10.9 Å². The first-order valence-corrected chi connectivity index (χ1v) is 9.50. The van der Waals surface area contributed by atoms with E-state index in [1.807, 2.05) is 0 Å². The smallest absolute Gasteiger partial charge is 0.358 e. The monoisotopic (exact) mass is 431 g/mol. The van der Waals surface area contributed by atoms with Crippen LogP contribution in [-0.4, -0.2) is 45.6 Å². The van der Waals surface area contributed by atoms with E-state index in [4.69, 9.17) is 0 Å². The zero-order chi connectivity index (χ0) is 21.8. The first-order chi connectivity index (χ1) is 14.3. The van der Waals surface area contributed by atoms with Crippen LogP contribution in [0.5, 0.6) is 0 Å². The molecule has 2 aromatic rings. The number of non-ortho nitro benzene ring substituents is 1. The van der Waals surface area contributed by atoms with Crippen molar-refractivity contribution >= 4 is 45.4 Å². The van der Waals surface area contributed by atoms with Crippen molar-refractivity contribution in [2.45, 2.75) is 19.4 Å². The molecule has 0 radical (unpaired) electrons. The van der Waals surface area contributed by atoms with Gasteiger partial charge >= 0.3 is 5.97 Å². The maximum absolute atomic E-state index is 12.1. The van der Waals surface area contributed by atoms with Gasteiger partial charge in [-0.1, -0.05) is 17.3 Å². The molecule has 1 aromatic heterocycles. The van der Waals surface area contributed by atoms with Gasteiger partial charge in [0.05, 0.1) is 11.0 Å². The first-order valence-electron chi connectivity index (χ1n) is 8.62. The molecule has 11 nitrogen and oxygen atoms in total. The third-order valence-electron chi connectivity index (χ3n) is 4.27. The Bertz CT molecular complexity index is 1050. The number of benzene rings is 1. The minimum Gasteiger partial charge on any atom is -0.476 e. The van der Waals surface area contributed by atoms with Gasteiger partial charge in [-0.25, -0.2) is 14.8 Å². The number of amides is 1. The molecule has 12 heteroatoms. The Morgan fingerprint density at radius 2 is 2.07 bits per heavy atom. The van der Waals surface area contributed by atoms with E-state index in [0.29, 0.717) is 22.8 Å². The van der Waals surface area contributed by atoms with Gasteiger partial charge in [0.15, 0.2) is 5.71 Å². The zero-order valence-electron chi connectivity index (χ0n) is 15.9. The third kappa shape index (κ3) is 4.43. The quantitative estimate of drug-likeness (QED) is 0.406. The van der Waals surface area contributed by atoms with E-state index in [1.54, 1.807) is 23.6 Å². The van der Waals surface area contributed by atoms with E-state index in [-0.39, 0.29) is 23.3 Å². The second-order valence-corrected chi connectivity index (χ2v) is 7.12. The number of carboxylic acids is 1. The predicted molar refractivity (Wildman–Crippen MR) is 109 cm³/mol. The summed E-state index contributed by atoms with van der Waals surface area (Å²) >= 11 is 1.21. The molecule has 0 spiro atoms. The average Bonchev–Trinajstić information content (AvgIpc) is 3.33. The minimum absolute atomic E-state index is 0.0361. The Morgan fingerprint density at radius 3 is 2.63 bits per heavy atom. The van der Waals surface area contributed by atoms with Gasteiger partial charge in [-0.15, -0.1) is 11.3 Å². The number of carboxylic acid groups (broad SMARTS) is 1. The van der Waals surface area contributed by atoms with E-state index in [0.717, 1.165) is 5.56 Å². The molecule has 1 saturated heterocycles. The lowest BCUT2D eigenvalue weighted by Gasteiger charge is -2.22. The molecule has 30 heavy (non-hydrogen) atoms. The molecule has 156 valence electrons. The fourth-order valence-corrected chi connectivity index (χ4v) is 3.72. The fourth-order valence-electron chi connectivity index (χ4n) is 2.94. The number of hydrazine groups is 1. The highest BCUT2D eigenvalue weighted by Crippen LogP contribution is 2.32. The number of amidine groups is 1. The van der Waals surface area contributed by atoms with Crippen molar-refractivity contribution in [1.29, 1.82) is 0 Å². The number of oxime groups is 1. The van der Waals surface area contributed by atoms with Crippen molar-refractivity contribution in [3.8, 4) is 0 Å². The largest absolute Gasteiger partial charge is 0.476 e. The fraction of sp³-hybridized carbons (Fsp3) is 0.222. The molecule has 2 N–H and O–H groups in total. The maximum atomic E-state index is 12.1. The summed E-state index contributed by atoms with van der Waals surface area (Å²) in [5.41, 5.74) is 3.74. The summed E-state index contributed by atoms with van der Waals surface area (Å²) in [6.45, 7) is 1.40. The molecule has 1 fully saturated rings. The van der Waals surface area contributed by atoms with Crippen LogP contribution in [-0.2, 0) is 14.4 Å². The molecule has 1 amide bonds. The van der Waals surface area contributed by atoms with Gasteiger partial charge in [0, 0.05) is 36.4 Å². The molecule has 1 atom stereocenters. The molecule has 0 aliphatic carbocycles. The molecule has 2 heterocycles. The second-order valence-electron chi connectivity index (χ2n) is 6.23.